The van der Waals surface area contributed by atoms with Crippen molar-refractivity contribution in [3.05, 3.63) is 39.9 Å². The maximum absolute atomic E-state index is 10.4. The number of aliphatic hydroxyl groups is 1. The molecule has 0 amide bonds. The second kappa shape index (κ2) is 5.75. The van der Waals surface area contributed by atoms with E-state index in [2.05, 4.69) is 5.32 Å². The van der Waals surface area contributed by atoms with Crippen molar-refractivity contribution in [3.63, 3.8) is 0 Å². The fourth-order valence-corrected chi connectivity index (χ4v) is 1.41. The molecular weight excluding hydrogens is 220 g/mol. The fraction of sp³-hybridized carbons (Fsp3) is 0.500. The molecule has 0 atom stereocenters. The van der Waals surface area contributed by atoms with Crippen molar-refractivity contribution in [2.75, 3.05) is 13.1 Å². The van der Waals surface area contributed by atoms with Gasteiger partial charge in [0, 0.05) is 18.7 Å². The first-order chi connectivity index (χ1) is 7.88. The van der Waals surface area contributed by atoms with Crippen LogP contribution < -0.4 is 5.32 Å². The van der Waals surface area contributed by atoms with Crippen LogP contribution in [-0.2, 0) is 6.42 Å². The molecule has 0 heterocycles. The molecule has 0 aliphatic heterocycles. The maximum Gasteiger partial charge on any atom is 0.269 e. The van der Waals surface area contributed by atoms with Gasteiger partial charge in [0.2, 0.25) is 0 Å². The summed E-state index contributed by atoms with van der Waals surface area (Å²) in [6, 6.07) is 6.52. The van der Waals surface area contributed by atoms with Crippen molar-refractivity contribution < 1.29 is 10.0 Å². The van der Waals surface area contributed by atoms with Crippen LogP contribution in [0, 0.1) is 10.1 Å². The SMILES string of the molecule is CC(C)(O)CNCCc1ccc([N+](=O)[O-])cc1. The Balaban J connectivity index is 2.35. The molecule has 0 aliphatic rings. The van der Waals surface area contributed by atoms with E-state index in [9.17, 15) is 15.2 Å². The second-order valence-electron chi connectivity index (χ2n) is 4.66. The van der Waals surface area contributed by atoms with E-state index >= 15 is 0 Å². The molecule has 5 nitrogen and oxygen atoms in total. The minimum atomic E-state index is -0.713. The average molecular weight is 238 g/mol. The van der Waals surface area contributed by atoms with Crippen molar-refractivity contribution >= 4 is 5.69 Å². The number of benzene rings is 1. The standard InChI is InChI=1S/C12H18N2O3/c1-12(2,15)9-13-8-7-10-3-5-11(6-4-10)14(16)17/h3-6,13,15H,7-9H2,1-2H3. The molecule has 0 saturated carbocycles. The van der Waals surface area contributed by atoms with Crippen molar-refractivity contribution in [1.29, 1.82) is 0 Å². The van der Waals surface area contributed by atoms with Gasteiger partial charge in [-0.2, -0.15) is 0 Å². The molecule has 5 heteroatoms. The number of nitro groups is 1. The summed E-state index contributed by atoms with van der Waals surface area (Å²) < 4.78 is 0. The van der Waals surface area contributed by atoms with E-state index in [0.29, 0.717) is 6.54 Å². The number of rotatable bonds is 6. The molecule has 0 unspecified atom stereocenters. The zero-order valence-electron chi connectivity index (χ0n) is 10.1. The fourth-order valence-electron chi connectivity index (χ4n) is 1.41. The van der Waals surface area contributed by atoms with Crippen LogP contribution in [0.2, 0.25) is 0 Å². The quantitative estimate of drug-likeness (QED) is 0.447. The number of non-ortho nitro benzene ring substituents is 1. The minimum Gasteiger partial charge on any atom is -0.389 e. The molecule has 1 aromatic carbocycles. The van der Waals surface area contributed by atoms with Gasteiger partial charge in [0.05, 0.1) is 10.5 Å². The molecule has 0 radical (unpaired) electrons. The Morgan fingerprint density at radius 2 is 1.94 bits per heavy atom. The van der Waals surface area contributed by atoms with Gasteiger partial charge in [-0.1, -0.05) is 12.1 Å². The molecule has 0 spiro atoms. The zero-order chi connectivity index (χ0) is 12.9. The zero-order valence-corrected chi connectivity index (χ0v) is 10.1. The molecule has 2 N–H and O–H groups in total. The van der Waals surface area contributed by atoms with Crippen LogP contribution in [-0.4, -0.2) is 28.7 Å². The summed E-state index contributed by atoms with van der Waals surface area (Å²) in [5.74, 6) is 0. The predicted molar refractivity (Wildman–Crippen MR) is 66.0 cm³/mol. The summed E-state index contributed by atoms with van der Waals surface area (Å²) in [6.07, 6.45) is 0.786. The third kappa shape index (κ3) is 5.42. The third-order valence-corrected chi connectivity index (χ3v) is 2.30. The van der Waals surface area contributed by atoms with Gasteiger partial charge in [-0.3, -0.25) is 10.1 Å². The highest BCUT2D eigenvalue weighted by Gasteiger charge is 2.10. The first-order valence-corrected chi connectivity index (χ1v) is 5.55. The number of nitro benzene ring substituents is 1. The van der Waals surface area contributed by atoms with Gasteiger partial charge in [-0.05, 0) is 32.4 Å². The van der Waals surface area contributed by atoms with Crippen LogP contribution in [0.15, 0.2) is 24.3 Å². The number of nitrogens with zero attached hydrogens (tertiary/aromatic N) is 1. The summed E-state index contributed by atoms with van der Waals surface area (Å²) in [4.78, 5) is 10.0. The second-order valence-corrected chi connectivity index (χ2v) is 4.66. The van der Waals surface area contributed by atoms with Crippen LogP contribution in [0.25, 0.3) is 0 Å². The van der Waals surface area contributed by atoms with E-state index < -0.39 is 10.5 Å². The maximum atomic E-state index is 10.4. The van der Waals surface area contributed by atoms with Gasteiger partial charge < -0.3 is 10.4 Å². The first-order valence-electron chi connectivity index (χ1n) is 5.55. The Kier molecular flexibility index (Phi) is 4.60. The van der Waals surface area contributed by atoms with Gasteiger partial charge >= 0.3 is 0 Å². The normalized spacial score (nSPS) is 11.5. The molecule has 0 saturated heterocycles. The highest BCUT2D eigenvalue weighted by atomic mass is 16.6. The number of hydrogen-bond acceptors (Lipinski definition) is 4. The van der Waals surface area contributed by atoms with E-state index in [0.717, 1.165) is 18.5 Å². The van der Waals surface area contributed by atoms with Crippen molar-refractivity contribution in [2.45, 2.75) is 25.9 Å². The minimum absolute atomic E-state index is 0.109. The molecule has 0 fully saturated rings. The lowest BCUT2D eigenvalue weighted by molar-refractivity contribution is -0.384. The lowest BCUT2D eigenvalue weighted by atomic mass is 10.1. The van der Waals surface area contributed by atoms with Gasteiger partial charge in [0.25, 0.3) is 5.69 Å². The van der Waals surface area contributed by atoms with Gasteiger partial charge in [-0.15, -0.1) is 0 Å². The molecule has 1 aromatic rings. The highest BCUT2D eigenvalue weighted by Crippen LogP contribution is 2.11. The highest BCUT2D eigenvalue weighted by molar-refractivity contribution is 5.32. The molecule has 94 valence electrons. The van der Waals surface area contributed by atoms with Crippen LogP contribution in [0.3, 0.4) is 0 Å². The Hall–Kier alpha value is -1.46. The van der Waals surface area contributed by atoms with E-state index in [1.807, 2.05) is 0 Å². The van der Waals surface area contributed by atoms with Crippen molar-refractivity contribution in [1.82, 2.24) is 5.32 Å². The molecule has 0 bridgehead atoms. The Morgan fingerprint density at radius 1 is 1.35 bits per heavy atom. The van der Waals surface area contributed by atoms with Gasteiger partial charge in [0.1, 0.15) is 0 Å². The number of hydrogen-bond donors (Lipinski definition) is 2. The van der Waals surface area contributed by atoms with Crippen molar-refractivity contribution in [2.24, 2.45) is 0 Å². The summed E-state index contributed by atoms with van der Waals surface area (Å²) in [5.41, 5.74) is 0.437. The van der Waals surface area contributed by atoms with E-state index in [4.69, 9.17) is 0 Å². The van der Waals surface area contributed by atoms with Crippen LogP contribution >= 0.6 is 0 Å². The summed E-state index contributed by atoms with van der Waals surface area (Å²) in [7, 11) is 0. The van der Waals surface area contributed by atoms with Crippen LogP contribution in [0.4, 0.5) is 5.69 Å². The van der Waals surface area contributed by atoms with Crippen molar-refractivity contribution in [3.8, 4) is 0 Å². The van der Waals surface area contributed by atoms with Crippen LogP contribution in [0.1, 0.15) is 19.4 Å². The molecule has 1 rings (SSSR count). The molecule has 17 heavy (non-hydrogen) atoms. The Morgan fingerprint density at radius 3 is 2.41 bits per heavy atom. The van der Waals surface area contributed by atoms with E-state index in [1.54, 1.807) is 26.0 Å². The monoisotopic (exact) mass is 238 g/mol. The van der Waals surface area contributed by atoms with Gasteiger partial charge in [0.15, 0.2) is 0 Å². The summed E-state index contributed by atoms with van der Waals surface area (Å²) in [6.45, 7) is 4.75. The topological polar surface area (TPSA) is 75.4 Å². The molecular formula is C12H18N2O3. The Labute approximate surface area is 101 Å². The average Bonchev–Trinajstić information content (AvgIpc) is 2.24. The molecule has 0 aromatic heterocycles. The summed E-state index contributed by atoms with van der Waals surface area (Å²) >= 11 is 0. The Bertz CT molecular complexity index is 368. The van der Waals surface area contributed by atoms with E-state index in [-0.39, 0.29) is 5.69 Å². The van der Waals surface area contributed by atoms with Crippen LogP contribution in [0.5, 0.6) is 0 Å². The predicted octanol–water partition coefficient (Wildman–Crippen LogP) is 1.50. The lowest BCUT2D eigenvalue weighted by Gasteiger charge is -2.17. The largest absolute Gasteiger partial charge is 0.389 e. The number of nitrogens with one attached hydrogen (secondary N) is 1. The molecule has 0 aliphatic carbocycles. The summed E-state index contributed by atoms with van der Waals surface area (Å²) in [5, 5.41) is 23.1. The smallest absolute Gasteiger partial charge is 0.269 e. The van der Waals surface area contributed by atoms with E-state index in [1.165, 1.54) is 12.1 Å². The first kappa shape index (κ1) is 13.6. The third-order valence-electron chi connectivity index (χ3n) is 2.30. The lowest BCUT2D eigenvalue weighted by Crippen LogP contribution is -2.35. The van der Waals surface area contributed by atoms with Gasteiger partial charge in [-0.25, -0.2) is 0 Å².